The first kappa shape index (κ1) is 13.6. The molecular formula is C16H20N2O. The Bertz CT molecular complexity index is 523. The third-order valence-electron chi connectivity index (χ3n) is 3.08. The largest absolute Gasteiger partial charge is 0.487 e. The molecule has 1 aromatic carbocycles. The zero-order valence-corrected chi connectivity index (χ0v) is 11.5. The van der Waals surface area contributed by atoms with E-state index in [1.165, 1.54) is 0 Å². The average molecular weight is 256 g/mol. The van der Waals surface area contributed by atoms with E-state index in [9.17, 15) is 0 Å². The van der Waals surface area contributed by atoms with E-state index in [2.05, 4.69) is 11.9 Å². The summed E-state index contributed by atoms with van der Waals surface area (Å²) in [7, 11) is 0. The molecule has 0 saturated carbocycles. The summed E-state index contributed by atoms with van der Waals surface area (Å²) in [6, 6.07) is 14.0. The molecule has 0 aliphatic rings. The Kier molecular flexibility index (Phi) is 4.53. The molecule has 0 aliphatic carbocycles. The summed E-state index contributed by atoms with van der Waals surface area (Å²) < 4.78 is 5.71. The number of aromatic nitrogens is 1. The lowest BCUT2D eigenvalue weighted by Gasteiger charge is -2.10. The minimum absolute atomic E-state index is 0.104. The number of hydrogen-bond donors (Lipinski definition) is 1. The zero-order chi connectivity index (χ0) is 13.7. The molecule has 0 amide bonds. The quantitative estimate of drug-likeness (QED) is 0.892. The molecule has 0 spiro atoms. The van der Waals surface area contributed by atoms with E-state index >= 15 is 0 Å². The molecule has 0 fully saturated rings. The molecule has 3 nitrogen and oxygen atoms in total. The van der Waals surface area contributed by atoms with Gasteiger partial charge in [-0.05, 0) is 43.2 Å². The van der Waals surface area contributed by atoms with Crippen LogP contribution >= 0.6 is 0 Å². The normalized spacial score (nSPS) is 12.2. The van der Waals surface area contributed by atoms with Gasteiger partial charge < -0.3 is 10.5 Å². The van der Waals surface area contributed by atoms with E-state index in [1.54, 1.807) is 0 Å². The van der Waals surface area contributed by atoms with Crippen molar-refractivity contribution >= 4 is 0 Å². The first-order chi connectivity index (χ1) is 9.19. The summed E-state index contributed by atoms with van der Waals surface area (Å²) in [6.45, 7) is 4.55. The molecule has 0 radical (unpaired) electrons. The highest BCUT2D eigenvalue weighted by Crippen LogP contribution is 2.18. The highest BCUT2D eigenvalue weighted by Gasteiger charge is 2.03. The smallest absolute Gasteiger partial charge is 0.130 e. The van der Waals surface area contributed by atoms with Gasteiger partial charge >= 0.3 is 0 Å². The topological polar surface area (TPSA) is 48.1 Å². The van der Waals surface area contributed by atoms with E-state index in [4.69, 9.17) is 10.5 Å². The molecular weight excluding hydrogens is 236 g/mol. The number of benzene rings is 1. The number of nitrogens with two attached hydrogens (primary N) is 1. The van der Waals surface area contributed by atoms with Gasteiger partial charge in [0.15, 0.2) is 0 Å². The van der Waals surface area contributed by atoms with E-state index in [1.807, 2.05) is 49.4 Å². The number of nitrogens with zero attached hydrogens (tertiary/aromatic N) is 1. The number of hydrogen-bond acceptors (Lipinski definition) is 3. The van der Waals surface area contributed by atoms with Gasteiger partial charge in [0, 0.05) is 11.7 Å². The molecule has 1 atom stereocenters. The number of ether oxygens (including phenoxy) is 1. The maximum absolute atomic E-state index is 5.98. The lowest BCUT2D eigenvalue weighted by atomic mass is 10.1. The Morgan fingerprint density at radius 2 is 1.89 bits per heavy atom. The van der Waals surface area contributed by atoms with Gasteiger partial charge in [0.2, 0.25) is 0 Å². The molecule has 0 bridgehead atoms. The van der Waals surface area contributed by atoms with Crippen molar-refractivity contribution < 1.29 is 4.74 Å². The molecule has 19 heavy (non-hydrogen) atoms. The van der Waals surface area contributed by atoms with Crippen LogP contribution in [-0.4, -0.2) is 4.98 Å². The molecule has 0 saturated heterocycles. The molecule has 2 N–H and O–H groups in total. The summed E-state index contributed by atoms with van der Waals surface area (Å²) in [5.74, 6) is 0.843. The van der Waals surface area contributed by atoms with Gasteiger partial charge in [-0.25, -0.2) is 0 Å². The van der Waals surface area contributed by atoms with E-state index in [0.29, 0.717) is 6.61 Å². The van der Waals surface area contributed by atoms with Gasteiger partial charge in [0.25, 0.3) is 0 Å². The molecule has 1 aromatic heterocycles. The molecule has 3 heteroatoms. The lowest BCUT2D eigenvalue weighted by Crippen LogP contribution is -2.08. The Labute approximate surface area is 114 Å². The van der Waals surface area contributed by atoms with Crippen molar-refractivity contribution in [3.63, 3.8) is 0 Å². The van der Waals surface area contributed by atoms with Crippen LogP contribution in [0.1, 0.15) is 36.3 Å². The Morgan fingerprint density at radius 3 is 2.53 bits per heavy atom. The van der Waals surface area contributed by atoms with Gasteiger partial charge in [-0.2, -0.15) is 0 Å². The molecule has 1 heterocycles. The highest BCUT2D eigenvalue weighted by molar-refractivity contribution is 5.29. The van der Waals surface area contributed by atoms with Gasteiger partial charge in [-0.3, -0.25) is 4.98 Å². The van der Waals surface area contributed by atoms with Crippen LogP contribution in [0.2, 0.25) is 0 Å². The van der Waals surface area contributed by atoms with Crippen LogP contribution in [-0.2, 0) is 6.61 Å². The van der Waals surface area contributed by atoms with Gasteiger partial charge in [0.1, 0.15) is 12.4 Å². The lowest BCUT2D eigenvalue weighted by molar-refractivity contribution is 0.301. The number of pyridine rings is 1. The maximum atomic E-state index is 5.98. The third-order valence-corrected chi connectivity index (χ3v) is 3.08. The molecule has 2 aromatic rings. The Hall–Kier alpha value is -1.87. The summed E-state index contributed by atoms with van der Waals surface area (Å²) in [5, 5.41) is 0. The fourth-order valence-electron chi connectivity index (χ4n) is 1.88. The molecule has 2 rings (SSSR count). The van der Waals surface area contributed by atoms with E-state index in [-0.39, 0.29) is 6.04 Å². The summed E-state index contributed by atoms with van der Waals surface area (Å²) >= 11 is 0. The van der Waals surface area contributed by atoms with Crippen LogP contribution in [0.15, 0.2) is 42.5 Å². The second kappa shape index (κ2) is 6.34. The van der Waals surface area contributed by atoms with Crippen LogP contribution in [0.4, 0.5) is 0 Å². The van der Waals surface area contributed by atoms with Crippen LogP contribution in [0.3, 0.4) is 0 Å². The third kappa shape index (κ3) is 3.80. The minimum Gasteiger partial charge on any atom is -0.487 e. The van der Waals surface area contributed by atoms with Crippen molar-refractivity contribution in [1.82, 2.24) is 4.98 Å². The average Bonchev–Trinajstić information content (AvgIpc) is 2.45. The van der Waals surface area contributed by atoms with Gasteiger partial charge in [-0.15, -0.1) is 0 Å². The van der Waals surface area contributed by atoms with Crippen molar-refractivity contribution in [3.05, 3.63) is 59.4 Å². The van der Waals surface area contributed by atoms with Crippen molar-refractivity contribution in [2.75, 3.05) is 0 Å². The maximum Gasteiger partial charge on any atom is 0.130 e. The predicted molar refractivity (Wildman–Crippen MR) is 77.0 cm³/mol. The second-order valence-electron chi connectivity index (χ2n) is 4.64. The van der Waals surface area contributed by atoms with Crippen LogP contribution in [0, 0.1) is 6.92 Å². The van der Waals surface area contributed by atoms with Crippen molar-refractivity contribution in [2.45, 2.75) is 32.9 Å². The Balaban J connectivity index is 1.96. The van der Waals surface area contributed by atoms with E-state index < -0.39 is 0 Å². The van der Waals surface area contributed by atoms with Gasteiger partial charge in [0.05, 0.1) is 5.69 Å². The van der Waals surface area contributed by atoms with Crippen LogP contribution < -0.4 is 10.5 Å². The van der Waals surface area contributed by atoms with Crippen molar-refractivity contribution in [3.8, 4) is 5.75 Å². The Morgan fingerprint density at radius 1 is 1.16 bits per heavy atom. The summed E-state index contributed by atoms with van der Waals surface area (Å²) in [5.41, 5.74) is 9.06. The van der Waals surface area contributed by atoms with Crippen molar-refractivity contribution in [2.24, 2.45) is 5.73 Å². The summed E-state index contributed by atoms with van der Waals surface area (Å²) in [4.78, 5) is 4.40. The highest BCUT2D eigenvalue weighted by atomic mass is 16.5. The monoisotopic (exact) mass is 256 g/mol. The number of rotatable bonds is 5. The van der Waals surface area contributed by atoms with Gasteiger partial charge in [-0.1, -0.05) is 25.1 Å². The van der Waals surface area contributed by atoms with Crippen LogP contribution in [0.25, 0.3) is 0 Å². The standard InChI is InChI=1S/C16H20N2O/c1-3-16(17)13-7-9-15(10-8-13)19-11-14-6-4-5-12(2)18-14/h4-10,16H,3,11,17H2,1-2H3. The second-order valence-corrected chi connectivity index (χ2v) is 4.64. The fraction of sp³-hybridized carbons (Fsp3) is 0.312. The zero-order valence-electron chi connectivity index (χ0n) is 11.5. The molecule has 0 aliphatic heterocycles. The predicted octanol–water partition coefficient (Wildman–Crippen LogP) is 3.38. The fourth-order valence-corrected chi connectivity index (χ4v) is 1.88. The van der Waals surface area contributed by atoms with Crippen LogP contribution in [0.5, 0.6) is 5.75 Å². The minimum atomic E-state index is 0.104. The molecule has 1 unspecified atom stereocenters. The number of aryl methyl sites for hydroxylation is 1. The molecule has 100 valence electrons. The SMILES string of the molecule is CCC(N)c1ccc(OCc2cccc(C)n2)cc1. The summed E-state index contributed by atoms with van der Waals surface area (Å²) in [6.07, 6.45) is 0.938. The first-order valence-electron chi connectivity index (χ1n) is 6.60. The first-order valence-corrected chi connectivity index (χ1v) is 6.60. The van der Waals surface area contributed by atoms with Crippen molar-refractivity contribution in [1.29, 1.82) is 0 Å². The van der Waals surface area contributed by atoms with E-state index in [0.717, 1.165) is 29.1 Å².